The SMILES string of the molecule is CC(=CCC(O)CN=[N+]=[N-])C(=O)O. The third-order valence-electron chi connectivity index (χ3n) is 1.39. The Labute approximate surface area is 75.1 Å². The molecule has 0 saturated carbocycles. The monoisotopic (exact) mass is 185 g/mol. The molecule has 0 heterocycles. The Balaban J connectivity index is 3.93. The highest BCUT2D eigenvalue weighted by atomic mass is 16.4. The van der Waals surface area contributed by atoms with Crippen LogP contribution in [0.15, 0.2) is 16.8 Å². The zero-order valence-electron chi connectivity index (χ0n) is 7.21. The second-order valence-corrected chi connectivity index (χ2v) is 2.50. The largest absolute Gasteiger partial charge is 0.478 e. The lowest BCUT2D eigenvalue weighted by Crippen LogP contribution is -2.09. The zero-order valence-corrected chi connectivity index (χ0v) is 7.21. The van der Waals surface area contributed by atoms with Gasteiger partial charge in [0.2, 0.25) is 0 Å². The number of carboxylic acids is 1. The van der Waals surface area contributed by atoms with Crippen LogP contribution in [0, 0.1) is 0 Å². The van der Waals surface area contributed by atoms with Crippen molar-refractivity contribution in [2.24, 2.45) is 5.11 Å². The normalized spacial score (nSPS) is 13.2. The Morgan fingerprint density at radius 1 is 1.77 bits per heavy atom. The third-order valence-corrected chi connectivity index (χ3v) is 1.39. The van der Waals surface area contributed by atoms with E-state index < -0.39 is 12.1 Å². The maximum Gasteiger partial charge on any atom is 0.330 e. The molecule has 0 aliphatic heterocycles. The number of carboxylic acid groups (broad SMARTS) is 1. The number of hydrogen-bond donors (Lipinski definition) is 2. The van der Waals surface area contributed by atoms with Gasteiger partial charge in [-0.3, -0.25) is 0 Å². The van der Waals surface area contributed by atoms with Crippen molar-refractivity contribution >= 4 is 5.97 Å². The molecular weight excluding hydrogens is 174 g/mol. The molecule has 0 aromatic rings. The van der Waals surface area contributed by atoms with Crippen molar-refractivity contribution < 1.29 is 15.0 Å². The number of azide groups is 1. The summed E-state index contributed by atoms with van der Waals surface area (Å²) in [5.74, 6) is -1.02. The van der Waals surface area contributed by atoms with Gasteiger partial charge in [-0.15, -0.1) is 0 Å². The molecule has 0 fully saturated rings. The van der Waals surface area contributed by atoms with Gasteiger partial charge in [-0.05, 0) is 18.9 Å². The number of rotatable bonds is 5. The molecule has 6 heteroatoms. The minimum Gasteiger partial charge on any atom is -0.478 e. The van der Waals surface area contributed by atoms with Gasteiger partial charge in [0.25, 0.3) is 0 Å². The number of hydrogen-bond acceptors (Lipinski definition) is 3. The molecule has 0 aliphatic carbocycles. The van der Waals surface area contributed by atoms with Gasteiger partial charge in [-0.1, -0.05) is 11.2 Å². The van der Waals surface area contributed by atoms with E-state index in [4.69, 9.17) is 15.7 Å². The highest BCUT2D eigenvalue weighted by Crippen LogP contribution is 2.00. The number of aliphatic hydroxyl groups is 1. The first-order valence-electron chi connectivity index (χ1n) is 3.67. The first-order valence-corrected chi connectivity index (χ1v) is 3.67. The van der Waals surface area contributed by atoms with Gasteiger partial charge in [0.05, 0.1) is 12.6 Å². The molecule has 0 aromatic carbocycles. The first-order chi connectivity index (χ1) is 6.07. The van der Waals surface area contributed by atoms with Crippen LogP contribution in [0.5, 0.6) is 0 Å². The average Bonchev–Trinajstić information content (AvgIpc) is 2.10. The summed E-state index contributed by atoms with van der Waals surface area (Å²) in [7, 11) is 0. The summed E-state index contributed by atoms with van der Waals surface area (Å²) in [6.45, 7) is 1.39. The fourth-order valence-corrected chi connectivity index (χ4v) is 0.605. The van der Waals surface area contributed by atoms with E-state index in [2.05, 4.69) is 10.0 Å². The molecule has 0 bridgehead atoms. The lowest BCUT2D eigenvalue weighted by atomic mass is 10.2. The summed E-state index contributed by atoms with van der Waals surface area (Å²) >= 11 is 0. The summed E-state index contributed by atoms with van der Waals surface area (Å²) in [4.78, 5) is 12.8. The van der Waals surface area contributed by atoms with Crippen molar-refractivity contribution in [2.75, 3.05) is 6.54 Å². The number of aliphatic carboxylic acids is 1. The second-order valence-electron chi connectivity index (χ2n) is 2.50. The Morgan fingerprint density at radius 2 is 2.38 bits per heavy atom. The standard InChI is InChI=1S/C7H11N3O3/c1-5(7(12)13)2-3-6(11)4-9-10-8/h2,6,11H,3-4H2,1H3,(H,12,13). The van der Waals surface area contributed by atoms with E-state index in [1.807, 2.05) is 0 Å². The molecule has 72 valence electrons. The summed E-state index contributed by atoms with van der Waals surface area (Å²) < 4.78 is 0. The number of nitrogens with zero attached hydrogens (tertiary/aromatic N) is 3. The number of aliphatic hydroxyl groups excluding tert-OH is 1. The van der Waals surface area contributed by atoms with E-state index >= 15 is 0 Å². The fraction of sp³-hybridized carbons (Fsp3) is 0.571. The van der Waals surface area contributed by atoms with Crippen molar-refractivity contribution in [3.05, 3.63) is 22.1 Å². The number of carbonyl (C=O) groups is 1. The molecule has 0 aromatic heterocycles. The van der Waals surface area contributed by atoms with Gasteiger partial charge in [0, 0.05) is 10.5 Å². The van der Waals surface area contributed by atoms with Gasteiger partial charge in [0.1, 0.15) is 0 Å². The van der Waals surface area contributed by atoms with Gasteiger partial charge < -0.3 is 10.2 Å². The van der Waals surface area contributed by atoms with Crippen molar-refractivity contribution in [3.63, 3.8) is 0 Å². The summed E-state index contributed by atoms with van der Waals surface area (Å²) in [6, 6.07) is 0. The topological polar surface area (TPSA) is 106 Å². The molecule has 1 atom stereocenters. The van der Waals surface area contributed by atoms with Crippen molar-refractivity contribution in [2.45, 2.75) is 19.4 Å². The van der Waals surface area contributed by atoms with Crippen LogP contribution in [-0.4, -0.2) is 28.8 Å². The smallest absolute Gasteiger partial charge is 0.330 e. The van der Waals surface area contributed by atoms with E-state index in [9.17, 15) is 4.79 Å². The van der Waals surface area contributed by atoms with Gasteiger partial charge >= 0.3 is 5.97 Å². The van der Waals surface area contributed by atoms with Crippen LogP contribution in [-0.2, 0) is 4.79 Å². The van der Waals surface area contributed by atoms with Crippen LogP contribution in [0.25, 0.3) is 10.4 Å². The minimum atomic E-state index is -1.02. The third kappa shape index (κ3) is 5.72. The molecule has 1 unspecified atom stereocenters. The molecule has 2 N–H and O–H groups in total. The Hall–Kier alpha value is -1.52. The lowest BCUT2D eigenvalue weighted by molar-refractivity contribution is -0.132. The van der Waals surface area contributed by atoms with Crippen molar-refractivity contribution in [1.82, 2.24) is 0 Å². The van der Waals surface area contributed by atoms with E-state index in [1.54, 1.807) is 0 Å². The fourth-order valence-electron chi connectivity index (χ4n) is 0.605. The maximum atomic E-state index is 10.3. The van der Waals surface area contributed by atoms with Crippen LogP contribution in [0.2, 0.25) is 0 Å². The summed E-state index contributed by atoms with van der Waals surface area (Å²) in [5, 5.41) is 20.7. The van der Waals surface area contributed by atoms with E-state index in [0.717, 1.165) is 0 Å². The highest BCUT2D eigenvalue weighted by molar-refractivity contribution is 5.85. The van der Waals surface area contributed by atoms with E-state index in [-0.39, 0.29) is 18.5 Å². The van der Waals surface area contributed by atoms with E-state index in [0.29, 0.717) is 0 Å². The Bertz CT molecular complexity index is 256. The van der Waals surface area contributed by atoms with Crippen molar-refractivity contribution in [1.29, 1.82) is 0 Å². The quantitative estimate of drug-likeness (QED) is 0.289. The summed E-state index contributed by atoms with van der Waals surface area (Å²) in [6.07, 6.45) is 0.752. The van der Waals surface area contributed by atoms with Crippen LogP contribution in [0.3, 0.4) is 0 Å². The Morgan fingerprint density at radius 3 is 2.85 bits per heavy atom. The lowest BCUT2D eigenvalue weighted by Gasteiger charge is -2.02. The molecule has 0 saturated heterocycles. The van der Waals surface area contributed by atoms with E-state index in [1.165, 1.54) is 13.0 Å². The molecule has 0 rings (SSSR count). The van der Waals surface area contributed by atoms with Crippen molar-refractivity contribution in [3.8, 4) is 0 Å². The maximum absolute atomic E-state index is 10.3. The zero-order chi connectivity index (χ0) is 10.3. The molecule has 6 nitrogen and oxygen atoms in total. The average molecular weight is 185 g/mol. The predicted octanol–water partition coefficient (Wildman–Crippen LogP) is 1.08. The van der Waals surface area contributed by atoms with Gasteiger partial charge in [-0.2, -0.15) is 0 Å². The molecule has 0 aliphatic rings. The molecule has 0 amide bonds. The van der Waals surface area contributed by atoms with Crippen LogP contribution in [0.4, 0.5) is 0 Å². The van der Waals surface area contributed by atoms with Crippen LogP contribution >= 0.6 is 0 Å². The van der Waals surface area contributed by atoms with Crippen LogP contribution in [0.1, 0.15) is 13.3 Å². The summed E-state index contributed by atoms with van der Waals surface area (Å²) in [5.41, 5.74) is 8.09. The molecule has 0 spiro atoms. The highest BCUT2D eigenvalue weighted by Gasteiger charge is 2.03. The molecule has 13 heavy (non-hydrogen) atoms. The Kier molecular flexibility index (Phi) is 5.34. The minimum absolute atomic E-state index is 0.0418. The second kappa shape index (κ2) is 6.05. The first kappa shape index (κ1) is 11.5. The van der Waals surface area contributed by atoms with Gasteiger partial charge in [-0.25, -0.2) is 4.79 Å². The predicted molar refractivity (Wildman–Crippen MR) is 46.0 cm³/mol. The molecular formula is C7H11N3O3. The molecule has 0 radical (unpaired) electrons. The van der Waals surface area contributed by atoms with Crippen LogP contribution < -0.4 is 0 Å². The van der Waals surface area contributed by atoms with Gasteiger partial charge in [0.15, 0.2) is 0 Å².